The minimum Gasteiger partial charge on any atom is -0.341 e. The normalized spacial score (nSPS) is 11.4. The van der Waals surface area contributed by atoms with Crippen molar-refractivity contribution in [1.82, 2.24) is 24.6 Å². The molecular formula is C19H19N5. The van der Waals surface area contributed by atoms with Crippen molar-refractivity contribution in [1.29, 1.82) is 0 Å². The summed E-state index contributed by atoms with van der Waals surface area (Å²) in [5.74, 6) is 0.981. The number of hydrogen-bond acceptors (Lipinski definition) is 3. The van der Waals surface area contributed by atoms with Crippen molar-refractivity contribution < 1.29 is 0 Å². The van der Waals surface area contributed by atoms with E-state index in [2.05, 4.69) is 51.4 Å². The molecule has 0 saturated heterocycles. The third-order valence-electron chi connectivity index (χ3n) is 3.97. The molecule has 2 aromatic carbocycles. The number of imidazole rings is 1. The lowest BCUT2D eigenvalue weighted by atomic mass is 10.3. The van der Waals surface area contributed by atoms with Crippen LogP contribution in [0.2, 0.25) is 0 Å². The van der Waals surface area contributed by atoms with Crippen LogP contribution in [0.4, 0.5) is 0 Å². The monoisotopic (exact) mass is 317 g/mol. The van der Waals surface area contributed by atoms with Crippen molar-refractivity contribution in [2.24, 2.45) is 0 Å². The van der Waals surface area contributed by atoms with E-state index in [4.69, 9.17) is 0 Å². The zero-order valence-corrected chi connectivity index (χ0v) is 13.6. The number of H-pyrrole nitrogens is 1. The van der Waals surface area contributed by atoms with Gasteiger partial charge in [-0.3, -0.25) is 4.90 Å². The van der Waals surface area contributed by atoms with Crippen LogP contribution in [0.1, 0.15) is 11.4 Å². The molecule has 1 N–H and O–H groups in total. The van der Waals surface area contributed by atoms with E-state index >= 15 is 0 Å². The molecule has 2 aromatic heterocycles. The highest BCUT2D eigenvalue weighted by molar-refractivity contribution is 5.74. The average molecular weight is 317 g/mol. The zero-order valence-electron chi connectivity index (χ0n) is 13.6. The van der Waals surface area contributed by atoms with E-state index in [0.29, 0.717) is 0 Å². The van der Waals surface area contributed by atoms with E-state index in [9.17, 15) is 0 Å². The number of nitrogens with one attached hydrogen (secondary N) is 1. The summed E-state index contributed by atoms with van der Waals surface area (Å²) in [5.41, 5.74) is 4.34. The Balaban J connectivity index is 1.44. The van der Waals surface area contributed by atoms with Crippen LogP contribution in [-0.2, 0) is 13.1 Å². The Hall–Kier alpha value is -2.92. The molecule has 0 aliphatic rings. The smallest absolute Gasteiger partial charge is 0.121 e. The summed E-state index contributed by atoms with van der Waals surface area (Å²) < 4.78 is 1.91. The van der Waals surface area contributed by atoms with Crippen molar-refractivity contribution in [2.75, 3.05) is 7.05 Å². The van der Waals surface area contributed by atoms with Gasteiger partial charge >= 0.3 is 0 Å². The second-order valence-corrected chi connectivity index (χ2v) is 6.00. The average Bonchev–Trinajstić information content (AvgIpc) is 3.21. The number of hydrogen-bond donors (Lipinski definition) is 1. The van der Waals surface area contributed by atoms with Crippen molar-refractivity contribution in [2.45, 2.75) is 13.1 Å². The van der Waals surface area contributed by atoms with Gasteiger partial charge < -0.3 is 4.98 Å². The van der Waals surface area contributed by atoms with Gasteiger partial charge in [-0.1, -0.05) is 30.3 Å². The lowest BCUT2D eigenvalue weighted by molar-refractivity contribution is 0.312. The fourth-order valence-corrected chi connectivity index (χ4v) is 2.87. The summed E-state index contributed by atoms with van der Waals surface area (Å²) in [7, 11) is 2.09. The second kappa shape index (κ2) is 6.29. The predicted octanol–water partition coefficient (Wildman–Crippen LogP) is 3.38. The first kappa shape index (κ1) is 14.7. The summed E-state index contributed by atoms with van der Waals surface area (Å²) in [6.07, 6.45) is 3.99. The molecule has 0 aliphatic carbocycles. The fourth-order valence-electron chi connectivity index (χ4n) is 2.87. The van der Waals surface area contributed by atoms with Crippen LogP contribution in [-0.4, -0.2) is 31.7 Å². The topological polar surface area (TPSA) is 49.7 Å². The second-order valence-electron chi connectivity index (χ2n) is 6.00. The molecule has 0 fully saturated rings. The quantitative estimate of drug-likeness (QED) is 0.614. The lowest BCUT2D eigenvalue weighted by Gasteiger charge is -2.13. The van der Waals surface area contributed by atoms with Gasteiger partial charge in [0.15, 0.2) is 0 Å². The van der Waals surface area contributed by atoms with Gasteiger partial charge in [0.2, 0.25) is 0 Å². The van der Waals surface area contributed by atoms with E-state index < -0.39 is 0 Å². The minimum atomic E-state index is 0.769. The highest BCUT2D eigenvalue weighted by Gasteiger charge is 2.08. The van der Waals surface area contributed by atoms with Crippen LogP contribution >= 0.6 is 0 Å². The summed E-state index contributed by atoms with van der Waals surface area (Å²) in [6.45, 7) is 1.59. The van der Waals surface area contributed by atoms with Gasteiger partial charge in [0.25, 0.3) is 0 Å². The molecule has 0 aliphatic heterocycles. The number of rotatable bonds is 5. The molecule has 0 radical (unpaired) electrons. The maximum absolute atomic E-state index is 4.63. The Morgan fingerprint density at radius 3 is 2.62 bits per heavy atom. The molecule has 0 atom stereocenters. The van der Waals surface area contributed by atoms with Gasteiger partial charge in [-0.15, -0.1) is 0 Å². The SMILES string of the molecule is CN(Cc1cnn(-c2ccccc2)c1)Cc1nc2ccccc2[nH]1. The number of benzene rings is 2. The Morgan fingerprint density at radius 1 is 1.00 bits per heavy atom. The van der Waals surface area contributed by atoms with Crippen molar-refractivity contribution in [3.05, 3.63) is 78.4 Å². The van der Waals surface area contributed by atoms with E-state index in [1.54, 1.807) is 0 Å². The van der Waals surface area contributed by atoms with E-state index in [-0.39, 0.29) is 0 Å². The van der Waals surface area contributed by atoms with Crippen LogP contribution in [0.15, 0.2) is 67.0 Å². The van der Waals surface area contributed by atoms with Gasteiger partial charge in [0.05, 0.1) is 29.5 Å². The molecule has 120 valence electrons. The minimum absolute atomic E-state index is 0.769. The van der Waals surface area contributed by atoms with Gasteiger partial charge in [-0.2, -0.15) is 5.10 Å². The summed E-state index contributed by atoms with van der Waals surface area (Å²) >= 11 is 0. The standard InChI is InChI=1S/C19H19N5/c1-23(14-19-21-17-9-5-6-10-18(17)22-19)12-15-11-20-24(13-15)16-7-3-2-4-8-16/h2-11,13H,12,14H2,1H3,(H,21,22). The molecule has 5 nitrogen and oxygen atoms in total. The third-order valence-corrected chi connectivity index (χ3v) is 3.97. The maximum Gasteiger partial charge on any atom is 0.121 e. The highest BCUT2D eigenvalue weighted by atomic mass is 15.3. The first-order valence-electron chi connectivity index (χ1n) is 7.99. The van der Waals surface area contributed by atoms with Crippen LogP contribution in [0.3, 0.4) is 0 Å². The first-order valence-corrected chi connectivity index (χ1v) is 7.99. The van der Waals surface area contributed by atoms with Crippen LogP contribution in [0, 0.1) is 0 Å². The first-order chi connectivity index (χ1) is 11.8. The molecule has 0 bridgehead atoms. The Kier molecular flexibility index (Phi) is 3.84. The van der Waals surface area contributed by atoms with Crippen molar-refractivity contribution in [3.8, 4) is 5.69 Å². The lowest BCUT2D eigenvalue weighted by Crippen LogP contribution is -2.17. The van der Waals surface area contributed by atoms with Gasteiger partial charge in [-0.25, -0.2) is 9.67 Å². The molecule has 0 unspecified atom stereocenters. The number of fused-ring (bicyclic) bond motifs is 1. The van der Waals surface area contributed by atoms with Gasteiger partial charge in [-0.05, 0) is 31.3 Å². The predicted molar refractivity (Wildman–Crippen MR) is 94.8 cm³/mol. The van der Waals surface area contributed by atoms with Crippen LogP contribution in [0.5, 0.6) is 0 Å². The number of nitrogens with zero attached hydrogens (tertiary/aromatic N) is 4. The fraction of sp³-hybridized carbons (Fsp3) is 0.158. The molecular weight excluding hydrogens is 298 g/mol. The molecule has 4 aromatic rings. The summed E-state index contributed by atoms with van der Waals surface area (Å²) in [5, 5.41) is 4.45. The van der Waals surface area contributed by atoms with E-state index in [0.717, 1.165) is 35.6 Å². The summed E-state index contributed by atoms with van der Waals surface area (Å²) in [4.78, 5) is 10.2. The van der Waals surface area contributed by atoms with E-state index in [1.807, 2.05) is 47.3 Å². The number of aromatic nitrogens is 4. The zero-order chi connectivity index (χ0) is 16.4. The Bertz CT molecular complexity index is 905. The van der Waals surface area contributed by atoms with Crippen molar-refractivity contribution >= 4 is 11.0 Å². The van der Waals surface area contributed by atoms with Gasteiger partial charge in [0, 0.05) is 18.3 Å². The third kappa shape index (κ3) is 3.07. The Labute approximate surface area is 140 Å². The molecule has 4 rings (SSSR count). The molecule has 24 heavy (non-hydrogen) atoms. The van der Waals surface area contributed by atoms with Crippen molar-refractivity contribution in [3.63, 3.8) is 0 Å². The Morgan fingerprint density at radius 2 is 1.79 bits per heavy atom. The maximum atomic E-state index is 4.63. The largest absolute Gasteiger partial charge is 0.341 e. The van der Waals surface area contributed by atoms with Crippen LogP contribution in [0.25, 0.3) is 16.7 Å². The highest BCUT2D eigenvalue weighted by Crippen LogP contribution is 2.13. The molecule has 5 heteroatoms. The van der Waals surface area contributed by atoms with Crippen LogP contribution < -0.4 is 0 Å². The molecule has 0 spiro atoms. The van der Waals surface area contributed by atoms with Gasteiger partial charge in [0.1, 0.15) is 5.82 Å². The molecule has 0 saturated carbocycles. The summed E-state index contributed by atoms with van der Waals surface area (Å²) in [6, 6.07) is 18.3. The van der Waals surface area contributed by atoms with E-state index in [1.165, 1.54) is 5.56 Å². The number of para-hydroxylation sites is 3. The number of aromatic amines is 1. The molecule has 0 amide bonds. The molecule has 2 heterocycles.